The highest BCUT2D eigenvalue weighted by Gasteiger charge is 2.32. The van der Waals surface area contributed by atoms with E-state index in [1.165, 1.54) is 12.1 Å². The van der Waals surface area contributed by atoms with Crippen LogP contribution in [0.4, 0.5) is 4.39 Å². The summed E-state index contributed by atoms with van der Waals surface area (Å²) in [6, 6.07) is 13.6. The van der Waals surface area contributed by atoms with Gasteiger partial charge in [0.05, 0.1) is 24.3 Å². The van der Waals surface area contributed by atoms with Crippen LogP contribution in [0.5, 0.6) is 5.75 Å². The van der Waals surface area contributed by atoms with Crippen molar-refractivity contribution in [1.82, 2.24) is 9.88 Å². The molecule has 1 fully saturated rings. The summed E-state index contributed by atoms with van der Waals surface area (Å²) < 4.78 is 48.0. The fourth-order valence-corrected chi connectivity index (χ4v) is 5.42. The molecule has 2 heterocycles. The zero-order valence-corrected chi connectivity index (χ0v) is 17.4. The summed E-state index contributed by atoms with van der Waals surface area (Å²) in [5.41, 5.74) is 2.45. The molecule has 30 heavy (non-hydrogen) atoms. The summed E-state index contributed by atoms with van der Waals surface area (Å²) in [6.07, 6.45) is 2.17. The van der Waals surface area contributed by atoms with Gasteiger partial charge >= 0.3 is 0 Å². The van der Waals surface area contributed by atoms with Crippen LogP contribution in [-0.2, 0) is 22.9 Å². The highest BCUT2D eigenvalue weighted by Crippen LogP contribution is 2.25. The van der Waals surface area contributed by atoms with Crippen molar-refractivity contribution >= 4 is 9.84 Å². The quantitative estimate of drug-likeness (QED) is 0.569. The first-order valence-electron chi connectivity index (χ1n) is 9.69. The van der Waals surface area contributed by atoms with Crippen molar-refractivity contribution in [3.05, 3.63) is 71.9 Å². The average Bonchev–Trinajstić information content (AvgIpc) is 3.35. The lowest BCUT2D eigenvalue weighted by molar-refractivity contribution is 0.192. The van der Waals surface area contributed by atoms with Crippen LogP contribution in [0.2, 0.25) is 0 Å². The normalized spacial score (nSPS) is 18.0. The molecule has 2 aromatic carbocycles. The largest absolute Gasteiger partial charge is 0.497 e. The lowest BCUT2D eigenvalue weighted by Crippen LogP contribution is -2.35. The van der Waals surface area contributed by atoms with Crippen LogP contribution in [-0.4, -0.2) is 43.0 Å². The number of aromatic nitrogens is 1. The number of nitrogens with zero attached hydrogens (tertiary/aromatic N) is 2. The van der Waals surface area contributed by atoms with Crippen LogP contribution in [0.15, 0.2) is 59.2 Å². The predicted molar refractivity (Wildman–Crippen MR) is 111 cm³/mol. The Labute approximate surface area is 175 Å². The maximum Gasteiger partial charge on any atom is 0.226 e. The first kappa shape index (κ1) is 20.6. The Morgan fingerprint density at radius 3 is 2.50 bits per heavy atom. The Bertz CT molecular complexity index is 1090. The van der Waals surface area contributed by atoms with Crippen LogP contribution < -0.4 is 4.74 Å². The van der Waals surface area contributed by atoms with Crippen LogP contribution in [0.3, 0.4) is 0 Å². The molecule has 4 rings (SSSR count). The molecular formula is C22H23FN2O4S. The van der Waals surface area contributed by atoms with Crippen LogP contribution in [0.25, 0.3) is 11.5 Å². The lowest BCUT2D eigenvalue weighted by Gasteiger charge is -2.27. The molecule has 0 spiro atoms. The Morgan fingerprint density at radius 1 is 1.13 bits per heavy atom. The topological polar surface area (TPSA) is 72.6 Å². The van der Waals surface area contributed by atoms with Crippen LogP contribution in [0.1, 0.15) is 17.7 Å². The second kappa shape index (κ2) is 8.57. The molecule has 0 N–H and O–H groups in total. The van der Waals surface area contributed by atoms with E-state index in [1.807, 2.05) is 24.3 Å². The molecule has 0 saturated carbocycles. The smallest absolute Gasteiger partial charge is 0.226 e. The number of sulfone groups is 1. The number of benzene rings is 2. The zero-order valence-electron chi connectivity index (χ0n) is 16.6. The van der Waals surface area contributed by atoms with Gasteiger partial charge in [-0.25, -0.2) is 17.8 Å². The van der Waals surface area contributed by atoms with Gasteiger partial charge in [-0.2, -0.15) is 0 Å². The van der Waals surface area contributed by atoms with Crippen molar-refractivity contribution < 1.29 is 22.0 Å². The minimum absolute atomic E-state index is 0.0805. The van der Waals surface area contributed by atoms with E-state index in [0.29, 0.717) is 36.7 Å². The Kier molecular flexibility index (Phi) is 5.87. The molecule has 0 radical (unpaired) electrons. The number of halogens is 1. The van der Waals surface area contributed by atoms with Crippen LogP contribution >= 0.6 is 0 Å². The molecule has 1 atom stereocenters. The molecule has 1 aliphatic heterocycles. The monoisotopic (exact) mass is 430 g/mol. The second-order valence-electron chi connectivity index (χ2n) is 7.46. The van der Waals surface area contributed by atoms with Gasteiger partial charge in [0, 0.05) is 24.7 Å². The maximum absolute atomic E-state index is 13.2. The molecule has 158 valence electrons. The number of ether oxygens (including phenoxy) is 1. The van der Waals surface area contributed by atoms with Crippen molar-refractivity contribution in [2.45, 2.75) is 25.6 Å². The standard InChI is InChI=1S/C22H23FN2O4S/c1-28-21-8-2-16(3-9-21)12-25(20-10-11-30(26,27)15-20)13-19-14-29-22(24-19)17-4-6-18(23)7-5-17/h2-9,14,20H,10-13,15H2,1H3/t20-/m0/s1. The van der Waals surface area contributed by atoms with E-state index in [2.05, 4.69) is 9.88 Å². The number of methoxy groups -OCH3 is 1. The van der Waals surface area contributed by atoms with E-state index >= 15 is 0 Å². The molecule has 1 aliphatic rings. The van der Waals surface area contributed by atoms with Crippen molar-refractivity contribution in [2.24, 2.45) is 0 Å². The highest BCUT2D eigenvalue weighted by molar-refractivity contribution is 7.91. The average molecular weight is 431 g/mol. The maximum atomic E-state index is 13.2. The molecular weight excluding hydrogens is 407 g/mol. The molecule has 1 aromatic heterocycles. The summed E-state index contributed by atoms with van der Waals surface area (Å²) in [5.74, 6) is 1.21. The summed E-state index contributed by atoms with van der Waals surface area (Å²) in [6.45, 7) is 1.04. The van der Waals surface area contributed by atoms with E-state index < -0.39 is 9.84 Å². The lowest BCUT2D eigenvalue weighted by atomic mass is 10.1. The first-order valence-corrected chi connectivity index (χ1v) is 11.5. The summed E-state index contributed by atoms with van der Waals surface area (Å²) >= 11 is 0. The SMILES string of the molecule is COc1ccc(CN(Cc2coc(-c3ccc(F)cc3)n2)[C@H]2CCS(=O)(=O)C2)cc1. The molecule has 1 saturated heterocycles. The minimum Gasteiger partial charge on any atom is -0.497 e. The Balaban J connectivity index is 1.54. The van der Waals surface area contributed by atoms with E-state index in [-0.39, 0.29) is 23.4 Å². The second-order valence-corrected chi connectivity index (χ2v) is 9.69. The molecule has 8 heteroatoms. The molecule has 6 nitrogen and oxygen atoms in total. The van der Waals surface area contributed by atoms with Gasteiger partial charge < -0.3 is 9.15 Å². The molecule has 0 unspecified atom stereocenters. The number of rotatable bonds is 7. The molecule has 0 aliphatic carbocycles. The predicted octanol–water partition coefficient (Wildman–Crippen LogP) is 3.68. The van der Waals surface area contributed by atoms with Crippen molar-refractivity contribution in [3.63, 3.8) is 0 Å². The third-order valence-electron chi connectivity index (χ3n) is 5.28. The third kappa shape index (κ3) is 4.88. The summed E-state index contributed by atoms with van der Waals surface area (Å²) in [4.78, 5) is 6.65. The third-order valence-corrected chi connectivity index (χ3v) is 7.03. The highest BCUT2D eigenvalue weighted by atomic mass is 32.2. The van der Waals surface area contributed by atoms with Gasteiger partial charge in [0.15, 0.2) is 9.84 Å². The first-order chi connectivity index (χ1) is 14.4. The zero-order chi connectivity index (χ0) is 21.1. The number of hydrogen-bond acceptors (Lipinski definition) is 6. The van der Waals surface area contributed by atoms with Gasteiger partial charge in [-0.05, 0) is 48.4 Å². The Morgan fingerprint density at radius 2 is 1.87 bits per heavy atom. The van der Waals surface area contributed by atoms with Crippen molar-refractivity contribution in [1.29, 1.82) is 0 Å². The minimum atomic E-state index is -3.02. The van der Waals surface area contributed by atoms with Crippen molar-refractivity contribution in [2.75, 3.05) is 18.6 Å². The van der Waals surface area contributed by atoms with E-state index in [9.17, 15) is 12.8 Å². The number of oxazole rings is 1. The number of hydrogen-bond donors (Lipinski definition) is 0. The summed E-state index contributed by atoms with van der Waals surface area (Å²) in [7, 11) is -1.40. The Hall–Kier alpha value is -2.71. The molecule has 0 bridgehead atoms. The van der Waals surface area contributed by atoms with Crippen molar-refractivity contribution in [3.8, 4) is 17.2 Å². The molecule has 0 amide bonds. The van der Waals surface area contributed by atoms with Gasteiger partial charge in [-0.1, -0.05) is 12.1 Å². The summed E-state index contributed by atoms with van der Waals surface area (Å²) in [5, 5.41) is 0. The fourth-order valence-electron chi connectivity index (χ4n) is 3.66. The van der Waals surface area contributed by atoms with E-state index in [1.54, 1.807) is 25.5 Å². The van der Waals surface area contributed by atoms with Gasteiger partial charge in [-0.3, -0.25) is 4.90 Å². The van der Waals surface area contributed by atoms with E-state index in [4.69, 9.17) is 9.15 Å². The van der Waals surface area contributed by atoms with Crippen LogP contribution in [0, 0.1) is 5.82 Å². The van der Waals surface area contributed by atoms with Gasteiger partial charge in [0.2, 0.25) is 5.89 Å². The fraction of sp³-hybridized carbons (Fsp3) is 0.318. The van der Waals surface area contributed by atoms with Gasteiger partial charge in [0.25, 0.3) is 0 Å². The van der Waals surface area contributed by atoms with E-state index in [0.717, 1.165) is 11.3 Å². The van der Waals surface area contributed by atoms with Gasteiger partial charge in [0.1, 0.15) is 17.8 Å². The van der Waals surface area contributed by atoms with Gasteiger partial charge in [-0.15, -0.1) is 0 Å². The molecule has 3 aromatic rings.